The van der Waals surface area contributed by atoms with Crippen molar-refractivity contribution in [2.75, 3.05) is 0 Å². The molecule has 528 valence electrons. The van der Waals surface area contributed by atoms with E-state index in [0.717, 1.165) is 27.8 Å². The van der Waals surface area contributed by atoms with E-state index in [1.54, 1.807) is 121 Å². The molecular formula is C53H58F15I6N10O10-. The molecule has 0 saturated carbocycles. The predicted molar refractivity (Wildman–Crippen MR) is 357 cm³/mol. The maximum Gasteiger partial charge on any atom is -0.412 e. The minimum atomic E-state index is -4.99. The van der Waals surface area contributed by atoms with Gasteiger partial charge in [-0.15, -0.1) is 24.0 Å². The average Bonchev–Trinajstić information content (AvgIpc) is 1.67. The number of halogens is 21. The summed E-state index contributed by atoms with van der Waals surface area (Å²) in [5.74, 6) is -16.1. The topological polar surface area (TPSA) is 286 Å². The Hall–Kier alpha value is -3.91. The molecule has 5 aromatic carbocycles. The molecule has 41 heteroatoms. The van der Waals surface area contributed by atoms with Crippen molar-refractivity contribution in [2.45, 2.75) is 111 Å². The summed E-state index contributed by atoms with van der Waals surface area (Å²) in [5.41, 5.74) is 14.8. The summed E-state index contributed by atoms with van der Waals surface area (Å²) < 4.78 is 189. The molecule has 0 amide bonds. The van der Waals surface area contributed by atoms with Crippen molar-refractivity contribution in [1.82, 2.24) is 32.1 Å². The molecule has 4 aliphatic heterocycles. The number of rotatable bonds is 5. The largest absolute Gasteiger partial charge is 0.412 e. The van der Waals surface area contributed by atoms with Gasteiger partial charge in [0.25, 0.3) is 0 Å². The van der Waals surface area contributed by atoms with Crippen molar-refractivity contribution in [2.24, 2.45) is 20.0 Å². The molecule has 4 aliphatic rings. The van der Waals surface area contributed by atoms with Gasteiger partial charge in [0.05, 0.1) is 0 Å². The Morgan fingerprint density at radius 3 is 0.713 bits per heavy atom. The van der Waals surface area contributed by atoms with E-state index in [-0.39, 0.29) is 80.9 Å². The molecule has 0 unspecified atom stereocenters. The number of benzene rings is 5. The van der Waals surface area contributed by atoms with Crippen LogP contribution in [0.25, 0.3) is 11.4 Å². The smallest absolute Gasteiger partial charge is 0.412 e. The number of aryl methyl sites for hydroxylation is 5. The van der Waals surface area contributed by atoms with Crippen molar-refractivity contribution in [3.8, 4) is 11.4 Å². The van der Waals surface area contributed by atoms with Gasteiger partial charge in [-0.2, -0.15) is 90.8 Å². The van der Waals surface area contributed by atoms with Crippen LogP contribution < -0.4 is 35.2 Å². The summed E-state index contributed by atoms with van der Waals surface area (Å²) in [5, 5.41) is 39.7. The van der Waals surface area contributed by atoms with Crippen molar-refractivity contribution in [3.63, 3.8) is 0 Å². The van der Waals surface area contributed by atoms with Crippen molar-refractivity contribution in [3.05, 3.63) is 177 Å². The number of nitrogens with zero attached hydrogens (tertiary/aromatic N) is 6. The van der Waals surface area contributed by atoms with E-state index in [2.05, 4.69) is 128 Å². The third-order valence-electron chi connectivity index (χ3n) is 11.0. The van der Waals surface area contributed by atoms with Crippen LogP contribution in [0, 0.1) is 34.6 Å². The van der Waals surface area contributed by atoms with E-state index < -0.39 is 60.4 Å². The van der Waals surface area contributed by atoms with Gasteiger partial charge < -0.3 is 30.4 Å². The number of nitrogens with one attached hydrogen (secondary N) is 4. The van der Waals surface area contributed by atoms with Gasteiger partial charge in [-0.1, -0.05) is 177 Å². The summed E-state index contributed by atoms with van der Waals surface area (Å²) in [6, 6.07) is 33.1. The van der Waals surface area contributed by atoms with Gasteiger partial charge in [-0.25, -0.2) is 41.3 Å². The molecule has 10 rings (SSSR count). The van der Waals surface area contributed by atoms with Gasteiger partial charge in [0, 0.05) is 65.0 Å². The Kier molecular flexibility index (Phi) is 37.7. The minimum Gasteiger partial charge on any atom is -0.412 e. The summed E-state index contributed by atoms with van der Waals surface area (Å²) in [6.07, 6.45) is -24.6. The molecule has 20 nitrogen and oxygen atoms in total. The van der Waals surface area contributed by atoms with Crippen molar-refractivity contribution in [1.29, 1.82) is 0 Å². The van der Waals surface area contributed by atoms with Crippen LogP contribution >= 0.6 is 98.4 Å². The normalized spacial score (nSPS) is 20.0. The van der Waals surface area contributed by atoms with Crippen LogP contribution in [-0.4, -0.2) is 108 Å². The van der Waals surface area contributed by atoms with Crippen LogP contribution in [0.3, 0.4) is 0 Å². The van der Waals surface area contributed by atoms with Gasteiger partial charge in [0.2, 0.25) is 5.82 Å². The summed E-state index contributed by atoms with van der Waals surface area (Å²) >= 11 is 9.54. The summed E-state index contributed by atoms with van der Waals surface area (Å²) in [4.78, 5) is 32.0. The minimum absolute atomic E-state index is 0. The van der Waals surface area contributed by atoms with E-state index in [0.29, 0.717) is 41.1 Å². The van der Waals surface area contributed by atoms with Gasteiger partial charge in [-0.3, -0.25) is 0 Å². The van der Waals surface area contributed by atoms with Crippen LogP contribution in [0.5, 0.6) is 0 Å². The molecule has 5 heterocycles. The molecule has 0 bridgehead atoms. The monoisotopic (exact) mass is 2040 g/mol. The fourth-order valence-electron chi connectivity index (χ4n) is 6.25. The first-order valence-electron chi connectivity index (χ1n) is 23.7. The Morgan fingerprint density at radius 2 is 0.564 bits per heavy atom. The first-order valence-corrected chi connectivity index (χ1v) is 42.6. The standard InChI is InChI=1S/4C10H9F3N2O2.C10H7F3N2O.3CH4.I3.I2.HI.H2O/c4*1-6-2-4-7(5-3-6)8-14-10(16,17-15-8)9(11,12)13;1-6-2-4-7(5-3-6)8-14-9(16-15-8)10(11,12)13;;;;1-3-2;1-2;;/h4*2-5,16H,1H3,(H,14,15);2-5H,1H3;3*1H4;;;1H;1H2/q;;;;;;;;-1;;;/t4*10-;;;;;;;;/m1100......../s1. The van der Waals surface area contributed by atoms with Gasteiger partial charge >= 0.3 is 111 Å². The fraction of sp³-hybridized carbons (Fsp3) is 0.321. The zero-order valence-corrected chi connectivity index (χ0v) is 59.1. The molecule has 0 radical (unpaired) electrons. The maximum absolute atomic E-state index is 12.4. The zero-order valence-electron chi connectivity index (χ0n) is 46.0. The molecule has 0 spiro atoms. The van der Waals surface area contributed by atoms with E-state index in [1.807, 2.05) is 56.5 Å². The van der Waals surface area contributed by atoms with E-state index in [4.69, 9.17) is 20.4 Å². The second kappa shape index (κ2) is 38.4. The number of hydrogen-bond acceptors (Lipinski definition) is 19. The van der Waals surface area contributed by atoms with Gasteiger partial charge in [0.15, 0.2) is 23.3 Å². The number of amidine groups is 4. The maximum atomic E-state index is 12.4. The predicted octanol–water partition coefficient (Wildman–Crippen LogP) is 11.3. The van der Waals surface area contributed by atoms with Gasteiger partial charge in [-0.05, 0) is 34.6 Å². The number of aliphatic hydroxyl groups is 4. The molecular weight excluding hydrogens is 1980 g/mol. The summed E-state index contributed by atoms with van der Waals surface area (Å²) in [7, 11) is 0. The number of hydroxylamine groups is 4. The Morgan fingerprint density at radius 1 is 0.383 bits per heavy atom. The molecule has 10 N–H and O–H groups in total. The summed E-state index contributed by atoms with van der Waals surface area (Å²) in [6.45, 7) is 9.25. The van der Waals surface area contributed by atoms with Crippen LogP contribution in [0.1, 0.15) is 78.2 Å². The van der Waals surface area contributed by atoms with Crippen LogP contribution in [0.2, 0.25) is 0 Å². The van der Waals surface area contributed by atoms with Crippen LogP contribution in [0.4, 0.5) is 65.9 Å². The fourth-order valence-corrected chi connectivity index (χ4v) is 6.25. The van der Waals surface area contributed by atoms with Gasteiger partial charge in [0.1, 0.15) is 0 Å². The zero-order chi connectivity index (χ0) is 67.2. The Bertz CT molecular complexity index is 3050. The molecule has 4 atom stereocenters. The molecule has 0 fully saturated rings. The second-order valence-electron chi connectivity index (χ2n) is 17.9. The van der Waals surface area contributed by atoms with Crippen molar-refractivity contribution >= 4 is 122 Å². The third kappa shape index (κ3) is 25.7. The average molecular weight is 2040 g/mol. The molecule has 94 heavy (non-hydrogen) atoms. The van der Waals surface area contributed by atoms with Crippen molar-refractivity contribution < 1.29 is 129 Å². The second-order valence-corrected chi connectivity index (χ2v) is 34.1. The number of hydrogen-bond donors (Lipinski definition) is 8. The van der Waals surface area contributed by atoms with E-state index in [9.17, 15) is 65.9 Å². The Labute approximate surface area is 596 Å². The first kappa shape index (κ1) is 92.1. The van der Waals surface area contributed by atoms with Crippen LogP contribution in [0.15, 0.2) is 146 Å². The number of aliphatic imine (C=N–C) groups is 4. The van der Waals surface area contributed by atoms with Crippen LogP contribution in [-0.2, 0) is 25.5 Å². The molecule has 1 aromatic heterocycles. The quantitative estimate of drug-likeness (QED) is 0.0588. The number of alkyl halides is 15. The Balaban J connectivity index is 0. The SMILES string of the molecule is C.C.C.Cc1ccc(-c2noc(C(F)(F)F)n2)cc1.Cc1ccc(C2=N[C@@](O)(C(F)(F)F)ON2)cc1.Cc1ccc(C2=N[C@@](O)(C(F)(F)F)ON2)cc1.Cc1ccc(C2=N[C@](O)(C(F)(F)F)ON2)cc1.Cc1ccc(C2=N[C@](O)(C(F)(F)F)ON2)cc1.I.II.I[I-]I.O. The van der Waals surface area contributed by atoms with E-state index >= 15 is 0 Å². The van der Waals surface area contributed by atoms with E-state index in [1.165, 1.54) is 0 Å². The third-order valence-corrected chi connectivity index (χ3v) is 11.0. The molecule has 0 saturated heterocycles. The number of aromatic nitrogens is 2. The first-order chi connectivity index (χ1) is 41.1. The molecule has 6 aromatic rings. The molecule has 0 aliphatic carbocycles.